The third kappa shape index (κ3) is 6.71. The molecule has 1 heterocycles. The lowest BCUT2D eigenvalue weighted by molar-refractivity contribution is -0.141. The van der Waals surface area contributed by atoms with Crippen LogP contribution < -0.4 is 10.5 Å². The summed E-state index contributed by atoms with van der Waals surface area (Å²) >= 11 is 0. The fourth-order valence-corrected chi connectivity index (χ4v) is 4.33. The van der Waals surface area contributed by atoms with Crippen LogP contribution in [0.1, 0.15) is 38.2 Å². The summed E-state index contributed by atoms with van der Waals surface area (Å²) in [6.07, 6.45) is 0.614. The van der Waals surface area contributed by atoms with Gasteiger partial charge in [0.2, 0.25) is 5.91 Å². The second-order valence-electron chi connectivity index (χ2n) is 9.91. The lowest BCUT2D eigenvalue weighted by atomic mass is 9.84. The minimum absolute atomic E-state index is 0.146. The quantitative estimate of drug-likeness (QED) is 0.424. The molecule has 0 fully saturated rings. The Morgan fingerprint density at radius 2 is 1.86 bits per heavy atom. The minimum Gasteiger partial charge on any atom is -0.497 e. The van der Waals surface area contributed by atoms with E-state index >= 15 is 0 Å². The van der Waals surface area contributed by atoms with Crippen molar-refractivity contribution in [1.29, 1.82) is 0 Å². The molecule has 2 N–H and O–H groups in total. The highest BCUT2D eigenvalue weighted by Gasteiger charge is 2.39. The number of nitrogens with zero attached hydrogens (tertiary/aromatic N) is 3. The summed E-state index contributed by atoms with van der Waals surface area (Å²) in [4.78, 5) is 19.8. The summed E-state index contributed by atoms with van der Waals surface area (Å²) in [5.74, 6) is 1.11. The van der Waals surface area contributed by atoms with Crippen LogP contribution in [0.15, 0.2) is 60.8 Å². The van der Waals surface area contributed by atoms with Crippen LogP contribution in [0.3, 0.4) is 0 Å². The van der Waals surface area contributed by atoms with E-state index in [1.807, 2.05) is 86.1 Å². The molecular weight excluding hydrogens is 459 g/mol. The highest BCUT2D eigenvalue weighted by atomic mass is 19.1. The van der Waals surface area contributed by atoms with Gasteiger partial charge in [-0.3, -0.25) is 4.79 Å². The number of rotatable bonds is 11. The fourth-order valence-electron chi connectivity index (χ4n) is 4.33. The van der Waals surface area contributed by atoms with Crippen molar-refractivity contribution in [3.63, 3.8) is 0 Å². The molecule has 0 aliphatic carbocycles. The number of halogens is 1. The molecule has 0 saturated heterocycles. The molecule has 194 valence electrons. The Kier molecular flexibility index (Phi) is 9.23. The van der Waals surface area contributed by atoms with E-state index in [-0.39, 0.29) is 25.6 Å². The summed E-state index contributed by atoms with van der Waals surface area (Å²) in [5, 5.41) is 0. The van der Waals surface area contributed by atoms with Gasteiger partial charge in [0.05, 0.1) is 25.4 Å². The Morgan fingerprint density at radius 3 is 2.47 bits per heavy atom. The van der Waals surface area contributed by atoms with Crippen LogP contribution in [-0.4, -0.2) is 60.4 Å². The number of alkyl halides is 1. The zero-order chi connectivity index (χ0) is 26.3. The van der Waals surface area contributed by atoms with Gasteiger partial charge in [0.1, 0.15) is 24.4 Å². The van der Waals surface area contributed by atoms with Crippen LogP contribution in [0, 0.1) is 5.41 Å². The van der Waals surface area contributed by atoms with E-state index in [2.05, 4.69) is 0 Å². The van der Waals surface area contributed by atoms with Gasteiger partial charge in [-0.2, -0.15) is 0 Å². The topological polar surface area (TPSA) is 82.6 Å². The van der Waals surface area contributed by atoms with Crippen LogP contribution in [-0.2, 0) is 16.1 Å². The highest BCUT2D eigenvalue weighted by molar-refractivity contribution is 5.78. The maximum atomic E-state index is 14.6. The first-order chi connectivity index (χ1) is 17.2. The van der Waals surface area contributed by atoms with E-state index < -0.39 is 17.6 Å². The number of hydrogen-bond acceptors (Lipinski definition) is 5. The molecule has 7 nitrogen and oxygen atoms in total. The minimum atomic E-state index is -1.37. The standard InChI is InChI=1S/C28H37FN4O3/c1-28(2,3)26(33(17-22(29)15-30)25(34)19-35-4)27-31-24(21-11-7-6-8-12-21)18-32(27)16-20-10-9-13-23(14-20)36-5/h6-14,18,22,26H,15-17,19,30H2,1-5H3/t22-,26-/m0/s1. The van der Waals surface area contributed by atoms with Gasteiger partial charge in [0.25, 0.3) is 0 Å². The van der Waals surface area contributed by atoms with Gasteiger partial charge in [-0.1, -0.05) is 63.2 Å². The normalized spacial score (nSPS) is 13.3. The average Bonchev–Trinajstić information content (AvgIpc) is 3.26. The van der Waals surface area contributed by atoms with Crippen molar-refractivity contribution in [2.75, 3.05) is 33.9 Å². The van der Waals surface area contributed by atoms with Crippen molar-refractivity contribution in [2.24, 2.45) is 11.1 Å². The number of hydrogen-bond donors (Lipinski definition) is 1. The predicted molar refractivity (Wildman–Crippen MR) is 139 cm³/mol. The molecule has 8 heteroatoms. The van der Waals surface area contributed by atoms with E-state index in [0.717, 1.165) is 22.6 Å². The molecule has 1 aromatic heterocycles. The molecule has 36 heavy (non-hydrogen) atoms. The van der Waals surface area contributed by atoms with Gasteiger partial charge in [0, 0.05) is 32.0 Å². The molecule has 0 bridgehead atoms. The third-order valence-corrected chi connectivity index (χ3v) is 5.98. The first-order valence-electron chi connectivity index (χ1n) is 12.1. The lowest BCUT2D eigenvalue weighted by Gasteiger charge is -2.40. The molecular formula is C28H37FN4O3. The Hall–Kier alpha value is -3.23. The SMILES string of the molecule is COCC(=O)N(C[C@@H](F)CN)[C@@H](c1nc(-c2ccccc2)cn1Cc1cccc(OC)c1)C(C)(C)C. The van der Waals surface area contributed by atoms with E-state index in [9.17, 15) is 9.18 Å². The van der Waals surface area contributed by atoms with E-state index in [1.165, 1.54) is 12.0 Å². The van der Waals surface area contributed by atoms with Gasteiger partial charge >= 0.3 is 0 Å². The van der Waals surface area contributed by atoms with Crippen LogP contribution in [0.25, 0.3) is 11.3 Å². The molecule has 0 aliphatic heterocycles. The predicted octanol–water partition coefficient (Wildman–Crippen LogP) is 4.47. The largest absolute Gasteiger partial charge is 0.497 e. The summed E-state index contributed by atoms with van der Waals surface area (Å²) in [5.41, 5.74) is 7.88. The number of imidazole rings is 1. The van der Waals surface area contributed by atoms with Crippen LogP contribution in [0.2, 0.25) is 0 Å². The molecule has 0 saturated carbocycles. The summed E-state index contributed by atoms with van der Waals surface area (Å²) in [7, 11) is 3.09. The van der Waals surface area contributed by atoms with E-state index in [0.29, 0.717) is 12.4 Å². The van der Waals surface area contributed by atoms with Gasteiger partial charge in [-0.05, 0) is 23.1 Å². The number of carbonyl (C=O) groups excluding carboxylic acids is 1. The molecule has 2 aromatic carbocycles. The Morgan fingerprint density at radius 1 is 1.14 bits per heavy atom. The van der Waals surface area contributed by atoms with Crippen molar-refractivity contribution in [3.05, 3.63) is 72.2 Å². The zero-order valence-corrected chi connectivity index (χ0v) is 21.8. The van der Waals surface area contributed by atoms with Gasteiger partial charge < -0.3 is 24.7 Å². The molecule has 0 radical (unpaired) electrons. The summed E-state index contributed by atoms with van der Waals surface area (Å²) in [6, 6.07) is 17.1. The van der Waals surface area contributed by atoms with Crippen LogP contribution >= 0.6 is 0 Å². The number of amides is 1. The highest BCUT2D eigenvalue weighted by Crippen LogP contribution is 2.39. The van der Waals surface area contributed by atoms with Gasteiger partial charge in [-0.15, -0.1) is 0 Å². The maximum Gasteiger partial charge on any atom is 0.249 e. The second kappa shape index (κ2) is 12.1. The van der Waals surface area contributed by atoms with Crippen LogP contribution in [0.4, 0.5) is 4.39 Å². The summed E-state index contributed by atoms with van der Waals surface area (Å²) < 4.78 is 27.2. The van der Waals surface area contributed by atoms with Gasteiger partial charge in [-0.25, -0.2) is 9.37 Å². The third-order valence-electron chi connectivity index (χ3n) is 5.98. The summed E-state index contributed by atoms with van der Waals surface area (Å²) in [6.45, 7) is 6.08. The average molecular weight is 497 g/mol. The van der Waals surface area contributed by atoms with E-state index in [1.54, 1.807) is 7.11 Å². The molecule has 0 unspecified atom stereocenters. The fraction of sp³-hybridized carbons (Fsp3) is 0.429. The molecule has 3 aromatic rings. The molecule has 0 spiro atoms. The smallest absolute Gasteiger partial charge is 0.249 e. The first kappa shape index (κ1) is 27.4. The van der Waals surface area contributed by atoms with Crippen molar-refractivity contribution in [2.45, 2.75) is 39.5 Å². The number of nitrogens with two attached hydrogens (primary N) is 1. The second-order valence-corrected chi connectivity index (χ2v) is 9.91. The Bertz CT molecular complexity index is 1130. The molecule has 2 atom stereocenters. The van der Waals surface area contributed by atoms with E-state index in [4.69, 9.17) is 20.2 Å². The number of ether oxygens (including phenoxy) is 2. The zero-order valence-electron chi connectivity index (χ0n) is 21.8. The van der Waals surface area contributed by atoms with Gasteiger partial charge in [0.15, 0.2) is 0 Å². The van der Waals surface area contributed by atoms with Crippen LogP contribution in [0.5, 0.6) is 5.75 Å². The monoisotopic (exact) mass is 496 g/mol. The number of methoxy groups -OCH3 is 2. The Balaban J connectivity index is 2.17. The molecule has 3 rings (SSSR count). The number of benzene rings is 2. The van der Waals surface area contributed by atoms with Crippen molar-refractivity contribution in [3.8, 4) is 17.0 Å². The maximum absolute atomic E-state index is 14.6. The van der Waals surface area contributed by atoms with Crippen molar-refractivity contribution in [1.82, 2.24) is 14.5 Å². The Labute approximate surface area is 213 Å². The molecule has 1 amide bonds. The van der Waals surface area contributed by atoms with Crippen molar-refractivity contribution < 1.29 is 18.7 Å². The number of aromatic nitrogens is 2. The van der Waals surface area contributed by atoms with Crippen molar-refractivity contribution >= 4 is 5.91 Å². The number of carbonyl (C=O) groups is 1. The molecule has 0 aliphatic rings. The lowest BCUT2D eigenvalue weighted by Crippen LogP contribution is -2.47. The first-order valence-corrected chi connectivity index (χ1v) is 12.1.